The Morgan fingerprint density at radius 1 is 0.772 bits per heavy atom. The predicted molar refractivity (Wildman–Crippen MR) is 213 cm³/mol. The van der Waals surface area contributed by atoms with Gasteiger partial charge in [-0.2, -0.15) is 38.8 Å². The number of hydrogen-bond donors (Lipinski definition) is 3. The zero-order valence-electron chi connectivity index (χ0n) is 31.4. The van der Waals surface area contributed by atoms with E-state index in [9.17, 15) is 32.8 Å². The van der Waals surface area contributed by atoms with E-state index < -0.39 is 27.8 Å². The molecule has 1 aromatic heterocycles. The molecular formula is C40H42N8O8S. The van der Waals surface area contributed by atoms with Crippen molar-refractivity contribution in [2.45, 2.75) is 46.0 Å². The molecule has 57 heavy (non-hydrogen) atoms. The first-order valence-corrected chi connectivity index (χ1v) is 19.7. The van der Waals surface area contributed by atoms with Gasteiger partial charge >= 0.3 is 11.9 Å². The van der Waals surface area contributed by atoms with Gasteiger partial charge in [0.25, 0.3) is 10.1 Å². The minimum Gasteiger partial charge on any atom is -0.493 e. The summed E-state index contributed by atoms with van der Waals surface area (Å²) in [5, 5.41) is 35.8. The van der Waals surface area contributed by atoms with Gasteiger partial charge < -0.3 is 19.8 Å². The molecule has 0 bridgehead atoms. The number of rotatable bonds is 20. The summed E-state index contributed by atoms with van der Waals surface area (Å²) in [4.78, 5) is 39.0. The number of nitrogens with zero attached hydrogens (tertiary/aromatic N) is 8. The van der Waals surface area contributed by atoms with Crippen LogP contribution >= 0.6 is 0 Å². The Morgan fingerprint density at radius 2 is 1.44 bits per heavy atom. The van der Waals surface area contributed by atoms with Gasteiger partial charge in [0.2, 0.25) is 5.95 Å². The van der Waals surface area contributed by atoms with Crippen molar-refractivity contribution < 1.29 is 37.5 Å². The molecule has 16 nitrogen and oxygen atoms in total. The first-order valence-electron chi connectivity index (χ1n) is 18.1. The second kappa shape index (κ2) is 19.9. The highest BCUT2D eigenvalue weighted by molar-refractivity contribution is 7.85. The minimum absolute atomic E-state index is 0.0124. The van der Waals surface area contributed by atoms with Crippen molar-refractivity contribution in [1.82, 2.24) is 15.0 Å². The van der Waals surface area contributed by atoms with Crippen LogP contribution in [0.15, 0.2) is 111 Å². The molecule has 0 aliphatic rings. The van der Waals surface area contributed by atoms with Gasteiger partial charge in [-0.15, -0.1) is 0 Å². The van der Waals surface area contributed by atoms with Crippen LogP contribution < -0.4 is 9.64 Å². The van der Waals surface area contributed by atoms with E-state index in [2.05, 4.69) is 20.5 Å². The lowest BCUT2D eigenvalue weighted by molar-refractivity contribution is -0.137. The molecule has 0 aliphatic heterocycles. The highest BCUT2D eigenvalue weighted by atomic mass is 32.2. The summed E-state index contributed by atoms with van der Waals surface area (Å²) in [5.74, 6) is -0.870. The fourth-order valence-electron chi connectivity index (χ4n) is 5.57. The standard InChI is InChI=1S/C40H42N8O8S/c1-3-48(19-8-14-38(49)50)40-42-36(23-28-15-17-32(18-16-28)45-44-31-11-5-4-6-12-31)41-37(43-40)25-30-22-27(2)34(26-35(30)56-20-9-21-57(53,54)55)47-46-33-13-7-10-29(24-33)39(51)52/h4-7,10-13,15-18,22,24,26H,3,8-9,14,19-21,23,25H2,1-2H3,(H,49,50)(H,51,52)(H,53,54,55). The average Bonchev–Trinajstić information content (AvgIpc) is 3.18. The highest BCUT2D eigenvalue weighted by Gasteiger charge is 2.18. The topological polar surface area (TPSA) is 230 Å². The maximum atomic E-state index is 11.4. The van der Waals surface area contributed by atoms with Gasteiger partial charge in [-0.25, -0.2) is 9.78 Å². The van der Waals surface area contributed by atoms with E-state index in [0.717, 1.165) is 11.3 Å². The van der Waals surface area contributed by atoms with E-state index in [1.165, 1.54) is 12.1 Å². The maximum absolute atomic E-state index is 11.4. The first-order chi connectivity index (χ1) is 27.3. The van der Waals surface area contributed by atoms with Gasteiger partial charge in [-0.3, -0.25) is 9.35 Å². The molecule has 1 heterocycles. The Bertz CT molecular complexity index is 2340. The van der Waals surface area contributed by atoms with E-state index in [1.54, 1.807) is 18.2 Å². The lowest BCUT2D eigenvalue weighted by Gasteiger charge is -2.21. The molecule has 0 fully saturated rings. The summed E-state index contributed by atoms with van der Waals surface area (Å²) >= 11 is 0. The molecule has 4 aromatic carbocycles. The van der Waals surface area contributed by atoms with Crippen molar-refractivity contribution in [3.05, 3.63) is 125 Å². The van der Waals surface area contributed by atoms with Crippen LogP contribution in [0.5, 0.6) is 5.75 Å². The molecule has 0 saturated heterocycles. The summed E-state index contributed by atoms with van der Waals surface area (Å²) in [6.45, 7) is 4.62. The van der Waals surface area contributed by atoms with Crippen molar-refractivity contribution in [2.75, 3.05) is 30.3 Å². The van der Waals surface area contributed by atoms with Crippen LogP contribution in [0.2, 0.25) is 0 Å². The third-order valence-electron chi connectivity index (χ3n) is 8.43. The van der Waals surface area contributed by atoms with Crippen molar-refractivity contribution in [3.8, 4) is 5.75 Å². The number of carbonyl (C=O) groups is 2. The number of hydrogen-bond acceptors (Lipinski definition) is 13. The molecule has 0 unspecified atom stereocenters. The molecule has 0 atom stereocenters. The number of aryl methyl sites for hydroxylation is 1. The lowest BCUT2D eigenvalue weighted by Crippen LogP contribution is -2.28. The Hall–Kier alpha value is -6.46. The zero-order valence-corrected chi connectivity index (χ0v) is 32.2. The third-order valence-corrected chi connectivity index (χ3v) is 9.24. The fourth-order valence-corrected chi connectivity index (χ4v) is 6.05. The van der Waals surface area contributed by atoms with Crippen molar-refractivity contribution in [1.29, 1.82) is 0 Å². The lowest BCUT2D eigenvalue weighted by atomic mass is 10.1. The summed E-state index contributed by atoms with van der Waals surface area (Å²) in [7, 11) is -4.21. The molecule has 17 heteroatoms. The molecule has 0 amide bonds. The maximum Gasteiger partial charge on any atom is 0.335 e. The highest BCUT2D eigenvalue weighted by Crippen LogP contribution is 2.32. The number of aromatic carboxylic acids is 1. The summed E-state index contributed by atoms with van der Waals surface area (Å²) in [5.41, 5.74) is 4.48. The Kier molecular flexibility index (Phi) is 14.6. The average molecular weight is 795 g/mol. The normalized spacial score (nSPS) is 11.6. The molecular weight excluding hydrogens is 753 g/mol. The van der Waals surface area contributed by atoms with Crippen LogP contribution in [-0.2, 0) is 27.8 Å². The number of azo groups is 2. The minimum atomic E-state index is -4.21. The molecule has 0 spiro atoms. The smallest absolute Gasteiger partial charge is 0.335 e. The number of anilines is 1. The van der Waals surface area contributed by atoms with Gasteiger partial charge in [0.1, 0.15) is 17.4 Å². The number of aromatic nitrogens is 3. The Morgan fingerprint density at radius 3 is 2.11 bits per heavy atom. The van der Waals surface area contributed by atoms with Gasteiger partial charge in [-0.05, 0) is 86.3 Å². The van der Waals surface area contributed by atoms with E-state index in [4.69, 9.17) is 19.7 Å². The number of carboxylic acid groups (broad SMARTS) is 2. The molecule has 296 valence electrons. The van der Waals surface area contributed by atoms with Gasteiger partial charge in [0, 0.05) is 44.0 Å². The van der Waals surface area contributed by atoms with Crippen LogP contribution in [0.1, 0.15) is 64.9 Å². The fraction of sp³-hybridized carbons (Fsp3) is 0.275. The van der Waals surface area contributed by atoms with Gasteiger partial charge in [0.05, 0.1) is 40.7 Å². The summed E-state index contributed by atoms with van der Waals surface area (Å²) < 4.78 is 38.1. The van der Waals surface area contributed by atoms with Crippen LogP contribution in [0.3, 0.4) is 0 Å². The van der Waals surface area contributed by atoms with Crippen molar-refractivity contribution in [2.24, 2.45) is 20.5 Å². The second-order valence-electron chi connectivity index (χ2n) is 12.9. The van der Waals surface area contributed by atoms with Crippen LogP contribution in [0, 0.1) is 6.92 Å². The number of carboxylic acids is 2. The Balaban J connectivity index is 1.47. The monoisotopic (exact) mass is 794 g/mol. The van der Waals surface area contributed by atoms with Crippen LogP contribution in [-0.4, -0.2) is 75.5 Å². The number of ether oxygens (including phenoxy) is 1. The largest absolute Gasteiger partial charge is 0.493 e. The number of benzene rings is 4. The molecule has 0 aliphatic carbocycles. The van der Waals surface area contributed by atoms with Crippen molar-refractivity contribution in [3.63, 3.8) is 0 Å². The molecule has 0 saturated carbocycles. The summed E-state index contributed by atoms with van der Waals surface area (Å²) in [6.07, 6.45) is 0.906. The Labute approximate surface area is 329 Å². The summed E-state index contributed by atoms with van der Waals surface area (Å²) in [6, 6.07) is 26.4. The SMILES string of the molecule is CCN(CCCC(=O)O)c1nc(Cc2ccc(N=Nc3ccccc3)cc2)nc(Cc2cc(C)c(N=Nc3cccc(C(=O)O)c3)cc2OCCCS(=O)(=O)O)n1. The first kappa shape index (κ1) is 41.7. The van der Waals surface area contributed by atoms with Crippen LogP contribution in [0.4, 0.5) is 28.7 Å². The quantitative estimate of drug-likeness (QED) is 0.0384. The third kappa shape index (κ3) is 13.4. The van der Waals surface area contributed by atoms with Gasteiger partial charge in [-0.1, -0.05) is 36.4 Å². The number of aliphatic carboxylic acids is 1. The molecule has 5 rings (SSSR count). The molecule has 5 aromatic rings. The van der Waals surface area contributed by atoms with E-state index in [-0.39, 0.29) is 31.4 Å². The molecule has 0 radical (unpaired) electrons. The zero-order chi connectivity index (χ0) is 40.8. The second-order valence-corrected chi connectivity index (χ2v) is 14.5. The molecule has 3 N–H and O–H groups in total. The van der Waals surface area contributed by atoms with Crippen molar-refractivity contribution >= 4 is 50.8 Å². The van der Waals surface area contributed by atoms with Crippen LogP contribution in [0.25, 0.3) is 0 Å². The predicted octanol–water partition coefficient (Wildman–Crippen LogP) is 8.24. The van der Waals surface area contributed by atoms with E-state index in [1.807, 2.05) is 79.4 Å². The van der Waals surface area contributed by atoms with E-state index >= 15 is 0 Å². The van der Waals surface area contributed by atoms with E-state index in [0.29, 0.717) is 77.5 Å². The van der Waals surface area contributed by atoms with Gasteiger partial charge in [0.15, 0.2) is 0 Å².